The van der Waals surface area contributed by atoms with E-state index >= 15 is 0 Å². The van der Waals surface area contributed by atoms with Crippen molar-refractivity contribution in [2.75, 3.05) is 19.6 Å². The third-order valence-electron chi connectivity index (χ3n) is 6.68. The third-order valence-corrected chi connectivity index (χ3v) is 6.68. The Hall–Kier alpha value is -1.85. The van der Waals surface area contributed by atoms with Crippen LogP contribution in [-0.4, -0.2) is 35.0 Å². The standard InChI is InChI=1S/C22H30N4O/c1-22(2)13-16-20-18(14-22)26(12-11-25-9-4-3-5-10-25)17-8-6-7-15(19(17)20)21(27)24-23-16/h6-8,16,23H,3-5,9-14H2,1-2H3,(H,24,27). The average molecular weight is 367 g/mol. The van der Waals surface area contributed by atoms with Gasteiger partial charge in [0.2, 0.25) is 0 Å². The summed E-state index contributed by atoms with van der Waals surface area (Å²) < 4.78 is 2.52. The van der Waals surface area contributed by atoms with Gasteiger partial charge in [0, 0.05) is 35.2 Å². The first kappa shape index (κ1) is 17.3. The number of benzene rings is 1. The summed E-state index contributed by atoms with van der Waals surface area (Å²) in [6.07, 6.45) is 6.14. The Bertz CT molecular complexity index is 891. The van der Waals surface area contributed by atoms with Crippen LogP contribution in [0.2, 0.25) is 0 Å². The largest absolute Gasteiger partial charge is 0.343 e. The normalized spacial score (nSPS) is 24.7. The number of hydrogen-bond acceptors (Lipinski definition) is 3. The van der Waals surface area contributed by atoms with E-state index in [2.05, 4.69) is 40.2 Å². The van der Waals surface area contributed by atoms with Crippen LogP contribution in [-0.2, 0) is 13.0 Å². The minimum absolute atomic E-state index is 0.0104. The lowest BCUT2D eigenvalue weighted by Gasteiger charge is -2.36. The number of carbonyl (C=O) groups excluding carboxylic acids is 1. The van der Waals surface area contributed by atoms with Crippen molar-refractivity contribution in [3.05, 3.63) is 35.0 Å². The molecule has 0 radical (unpaired) electrons. The van der Waals surface area contributed by atoms with Gasteiger partial charge in [0.05, 0.1) is 11.6 Å². The highest BCUT2D eigenvalue weighted by Gasteiger charge is 2.39. The SMILES string of the molecule is CC1(C)Cc2c3c4c(cccc4n2CCN2CCCCC2)C(=O)NNC3C1. The van der Waals surface area contributed by atoms with Gasteiger partial charge in [-0.05, 0) is 56.3 Å². The zero-order valence-corrected chi connectivity index (χ0v) is 16.5. The maximum atomic E-state index is 12.7. The first-order valence-electron chi connectivity index (χ1n) is 10.5. The monoisotopic (exact) mass is 366 g/mol. The van der Waals surface area contributed by atoms with Gasteiger partial charge in [-0.2, -0.15) is 0 Å². The topological polar surface area (TPSA) is 49.3 Å². The van der Waals surface area contributed by atoms with E-state index in [4.69, 9.17) is 0 Å². The second-order valence-electron chi connectivity index (χ2n) is 9.31. The Morgan fingerprint density at radius 2 is 1.96 bits per heavy atom. The Labute approximate surface area is 161 Å². The van der Waals surface area contributed by atoms with Crippen LogP contribution in [0.1, 0.15) is 67.2 Å². The highest BCUT2D eigenvalue weighted by Crippen LogP contribution is 2.46. The van der Waals surface area contributed by atoms with E-state index in [0.29, 0.717) is 0 Å². The average Bonchev–Trinajstić information content (AvgIpc) is 2.89. The molecule has 1 atom stereocenters. The molecule has 3 heterocycles. The number of aromatic nitrogens is 1. The highest BCUT2D eigenvalue weighted by atomic mass is 16.2. The second-order valence-corrected chi connectivity index (χ2v) is 9.31. The van der Waals surface area contributed by atoms with Crippen molar-refractivity contribution in [2.24, 2.45) is 5.41 Å². The van der Waals surface area contributed by atoms with E-state index in [0.717, 1.165) is 31.5 Å². The molecule has 5 heteroatoms. The Morgan fingerprint density at radius 1 is 1.15 bits per heavy atom. The molecule has 5 nitrogen and oxygen atoms in total. The van der Waals surface area contributed by atoms with Gasteiger partial charge < -0.3 is 9.47 Å². The van der Waals surface area contributed by atoms with E-state index in [1.54, 1.807) is 0 Å². The molecular formula is C22H30N4O. The third kappa shape index (κ3) is 2.88. The summed E-state index contributed by atoms with van der Waals surface area (Å²) in [6, 6.07) is 6.40. The number of carbonyl (C=O) groups is 1. The number of nitrogens with one attached hydrogen (secondary N) is 2. The quantitative estimate of drug-likeness (QED) is 0.875. The van der Waals surface area contributed by atoms with E-state index in [9.17, 15) is 4.79 Å². The second kappa shape index (κ2) is 6.35. The van der Waals surface area contributed by atoms with Gasteiger partial charge >= 0.3 is 0 Å². The molecule has 5 rings (SSSR count). The van der Waals surface area contributed by atoms with Gasteiger partial charge in [0.25, 0.3) is 5.91 Å². The number of nitrogens with zero attached hydrogens (tertiary/aromatic N) is 2. The van der Waals surface area contributed by atoms with Crippen molar-refractivity contribution >= 4 is 16.8 Å². The summed E-state index contributed by atoms with van der Waals surface area (Å²) in [5.41, 5.74) is 11.3. The Kier molecular flexibility index (Phi) is 4.06. The molecule has 2 N–H and O–H groups in total. The zero-order chi connectivity index (χ0) is 18.6. The first-order valence-corrected chi connectivity index (χ1v) is 10.5. The van der Waals surface area contributed by atoms with E-state index in [1.165, 1.54) is 54.5 Å². The molecule has 3 aliphatic rings. The molecule has 1 fully saturated rings. The van der Waals surface area contributed by atoms with Crippen molar-refractivity contribution in [3.63, 3.8) is 0 Å². The molecule has 144 valence electrons. The zero-order valence-electron chi connectivity index (χ0n) is 16.5. The maximum Gasteiger partial charge on any atom is 0.266 e. The van der Waals surface area contributed by atoms with Gasteiger partial charge in [-0.3, -0.25) is 10.2 Å². The summed E-state index contributed by atoms with van der Waals surface area (Å²) in [6.45, 7) is 9.26. The van der Waals surface area contributed by atoms with E-state index in [1.807, 2.05) is 12.1 Å². The molecule has 2 aromatic rings. The molecule has 0 bridgehead atoms. The van der Waals surface area contributed by atoms with Crippen molar-refractivity contribution in [1.29, 1.82) is 0 Å². The predicted molar refractivity (Wildman–Crippen MR) is 108 cm³/mol. The van der Waals surface area contributed by atoms with E-state index in [-0.39, 0.29) is 17.4 Å². The number of rotatable bonds is 3. The van der Waals surface area contributed by atoms with Crippen molar-refractivity contribution in [1.82, 2.24) is 20.3 Å². The van der Waals surface area contributed by atoms with Crippen LogP contribution in [0.25, 0.3) is 10.9 Å². The summed E-state index contributed by atoms with van der Waals surface area (Å²) in [5, 5.41) is 1.18. The van der Waals surface area contributed by atoms with Gasteiger partial charge in [-0.15, -0.1) is 0 Å². The maximum absolute atomic E-state index is 12.7. The lowest BCUT2D eigenvalue weighted by Crippen LogP contribution is -2.42. The van der Waals surface area contributed by atoms with Crippen LogP contribution < -0.4 is 10.9 Å². The molecule has 1 aliphatic carbocycles. The number of hydrazine groups is 1. The van der Waals surface area contributed by atoms with Gasteiger partial charge in [0.1, 0.15) is 0 Å². The molecule has 2 aliphatic heterocycles. The van der Waals surface area contributed by atoms with Crippen LogP contribution in [0.3, 0.4) is 0 Å². The van der Waals surface area contributed by atoms with Gasteiger partial charge in [0.15, 0.2) is 0 Å². The Morgan fingerprint density at radius 3 is 2.78 bits per heavy atom. The Balaban J connectivity index is 1.62. The molecule has 0 saturated carbocycles. The lowest BCUT2D eigenvalue weighted by atomic mass is 9.74. The summed E-state index contributed by atoms with van der Waals surface area (Å²) in [7, 11) is 0. The smallest absolute Gasteiger partial charge is 0.266 e. The molecule has 1 amide bonds. The number of likely N-dealkylation sites (tertiary alicyclic amines) is 1. The van der Waals surface area contributed by atoms with Crippen LogP contribution in [0.15, 0.2) is 18.2 Å². The summed E-state index contributed by atoms with van der Waals surface area (Å²) >= 11 is 0. The number of hydrogen-bond donors (Lipinski definition) is 2. The van der Waals surface area contributed by atoms with E-state index < -0.39 is 0 Å². The molecule has 1 aromatic carbocycles. The number of amides is 1. The highest BCUT2D eigenvalue weighted by molar-refractivity contribution is 6.09. The molecule has 0 spiro atoms. The summed E-state index contributed by atoms with van der Waals surface area (Å²) in [5.74, 6) is -0.0104. The molecule has 27 heavy (non-hydrogen) atoms. The van der Waals surface area contributed by atoms with Gasteiger partial charge in [-0.25, -0.2) is 5.43 Å². The molecule has 1 unspecified atom stereocenters. The minimum Gasteiger partial charge on any atom is -0.343 e. The fourth-order valence-corrected chi connectivity index (χ4v) is 5.44. The van der Waals surface area contributed by atoms with Gasteiger partial charge in [-0.1, -0.05) is 26.3 Å². The molecule has 1 saturated heterocycles. The van der Waals surface area contributed by atoms with Crippen LogP contribution in [0, 0.1) is 5.41 Å². The molecule has 1 aromatic heterocycles. The number of piperidine rings is 1. The first-order chi connectivity index (χ1) is 13.0. The van der Waals surface area contributed by atoms with Crippen molar-refractivity contribution in [3.8, 4) is 0 Å². The predicted octanol–water partition coefficient (Wildman–Crippen LogP) is 3.39. The van der Waals surface area contributed by atoms with Crippen molar-refractivity contribution < 1.29 is 4.79 Å². The van der Waals surface area contributed by atoms with Crippen LogP contribution in [0.4, 0.5) is 0 Å². The van der Waals surface area contributed by atoms with Crippen LogP contribution in [0.5, 0.6) is 0 Å². The minimum atomic E-state index is -0.0104. The fraction of sp³-hybridized carbons (Fsp3) is 0.591. The molecular weight excluding hydrogens is 336 g/mol. The van der Waals surface area contributed by atoms with Crippen molar-refractivity contribution in [2.45, 2.75) is 58.5 Å². The lowest BCUT2D eigenvalue weighted by molar-refractivity contribution is 0.0920. The fourth-order valence-electron chi connectivity index (χ4n) is 5.44. The summed E-state index contributed by atoms with van der Waals surface area (Å²) in [4.78, 5) is 15.3. The van der Waals surface area contributed by atoms with Crippen LogP contribution >= 0.6 is 0 Å².